The van der Waals surface area contributed by atoms with Gasteiger partial charge in [0.05, 0.1) is 0 Å². The number of aryl methyl sites for hydroxylation is 2. The molecular weight excluding hydrogens is 338 g/mol. The maximum atomic E-state index is 14.1. The predicted molar refractivity (Wildman–Crippen MR) is 109 cm³/mol. The summed E-state index contributed by atoms with van der Waals surface area (Å²) in [6.07, 6.45) is 13.7. The molecule has 0 amide bonds. The van der Waals surface area contributed by atoms with E-state index >= 15 is 0 Å². The average molecular weight is 366 g/mol. The fourth-order valence-corrected chi connectivity index (χ4v) is 3.94. The lowest BCUT2D eigenvalue weighted by Crippen LogP contribution is -2.19. The second kappa shape index (κ2) is 8.65. The van der Waals surface area contributed by atoms with Crippen molar-refractivity contribution in [1.29, 1.82) is 0 Å². The van der Waals surface area contributed by atoms with Gasteiger partial charge in [-0.2, -0.15) is 0 Å². The number of benzene rings is 2. The van der Waals surface area contributed by atoms with Crippen LogP contribution in [0.2, 0.25) is 0 Å². The fraction of sp³-hybridized carbons (Fsp3) is 0.360. The van der Waals surface area contributed by atoms with Crippen LogP contribution >= 0.6 is 0 Å². The van der Waals surface area contributed by atoms with Gasteiger partial charge >= 0.3 is 0 Å². The number of halogens is 2. The molecule has 0 saturated carbocycles. The summed E-state index contributed by atoms with van der Waals surface area (Å²) < 4.78 is 27.7. The molecule has 0 spiro atoms. The molecule has 0 atom stereocenters. The minimum Gasteiger partial charge on any atom is -0.204 e. The lowest BCUT2D eigenvalue weighted by Gasteiger charge is -2.31. The molecule has 0 radical (unpaired) electrons. The molecule has 0 bridgehead atoms. The van der Waals surface area contributed by atoms with Crippen molar-refractivity contribution in [1.82, 2.24) is 0 Å². The van der Waals surface area contributed by atoms with Crippen molar-refractivity contribution in [3.63, 3.8) is 0 Å². The predicted octanol–water partition coefficient (Wildman–Crippen LogP) is 7.16. The van der Waals surface area contributed by atoms with E-state index in [4.69, 9.17) is 0 Å². The van der Waals surface area contributed by atoms with E-state index in [9.17, 15) is 8.78 Å². The van der Waals surface area contributed by atoms with E-state index in [1.807, 2.05) is 12.2 Å². The highest BCUT2D eigenvalue weighted by molar-refractivity contribution is 5.36. The second-order valence-corrected chi connectivity index (χ2v) is 7.54. The van der Waals surface area contributed by atoms with Crippen LogP contribution in [0.5, 0.6) is 0 Å². The lowest BCUT2D eigenvalue weighted by atomic mass is 9.73. The third-order valence-corrected chi connectivity index (χ3v) is 5.64. The topological polar surface area (TPSA) is 0 Å². The van der Waals surface area contributed by atoms with Crippen LogP contribution < -0.4 is 0 Å². The summed E-state index contributed by atoms with van der Waals surface area (Å²) in [7, 11) is 0. The summed E-state index contributed by atoms with van der Waals surface area (Å²) in [5, 5.41) is 0. The monoisotopic (exact) mass is 366 g/mol. The zero-order chi connectivity index (χ0) is 19.3. The molecule has 27 heavy (non-hydrogen) atoms. The molecule has 2 aromatic carbocycles. The van der Waals surface area contributed by atoms with Crippen LogP contribution in [0.25, 0.3) is 0 Å². The Morgan fingerprint density at radius 1 is 0.852 bits per heavy atom. The molecule has 0 nitrogen and oxygen atoms in total. The number of hydrogen-bond donors (Lipinski definition) is 0. The molecule has 2 aromatic rings. The van der Waals surface area contributed by atoms with Crippen molar-refractivity contribution < 1.29 is 8.78 Å². The Morgan fingerprint density at radius 2 is 1.52 bits per heavy atom. The smallest absolute Gasteiger partial charge is 0.162 e. The third-order valence-electron chi connectivity index (χ3n) is 5.64. The van der Waals surface area contributed by atoms with Crippen molar-refractivity contribution in [3.8, 4) is 0 Å². The van der Waals surface area contributed by atoms with Gasteiger partial charge in [0, 0.05) is 16.9 Å². The van der Waals surface area contributed by atoms with Gasteiger partial charge in [0.25, 0.3) is 0 Å². The first-order valence-electron chi connectivity index (χ1n) is 9.97. The Bertz CT molecular complexity index is 801. The largest absolute Gasteiger partial charge is 0.204 e. The summed E-state index contributed by atoms with van der Waals surface area (Å²) in [5.74, 6) is -1.72. The number of rotatable bonds is 7. The SMILES string of the molecule is CCCC1(CCc2ccc(CC)cc2)C=CC(c2cccc(F)c2F)C=C1. The van der Waals surface area contributed by atoms with Crippen LogP contribution in [0.3, 0.4) is 0 Å². The van der Waals surface area contributed by atoms with E-state index in [1.165, 1.54) is 17.2 Å². The van der Waals surface area contributed by atoms with Gasteiger partial charge in [-0.3, -0.25) is 0 Å². The van der Waals surface area contributed by atoms with Crippen molar-refractivity contribution in [2.24, 2.45) is 5.41 Å². The molecule has 0 fully saturated rings. The zero-order valence-corrected chi connectivity index (χ0v) is 16.2. The van der Waals surface area contributed by atoms with E-state index < -0.39 is 11.6 Å². The summed E-state index contributed by atoms with van der Waals surface area (Å²) in [5.41, 5.74) is 3.11. The summed E-state index contributed by atoms with van der Waals surface area (Å²) in [4.78, 5) is 0. The highest BCUT2D eigenvalue weighted by atomic mass is 19.2. The molecule has 142 valence electrons. The zero-order valence-electron chi connectivity index (χ0n) is 16.2. The molecule has 0 saturated heterocycles. The van der Waals surface area contributed by atoms with Crippen molar-refractivity contribution >= 4 is 0 Å². The van der Waals surface area contributed by atoms with E-state index in [-0.39, 0.29) is 11.3 Å². The third kappa shape index (κ3) is 4.55. The van der Waals surface area contributed by atoms with Gasteiger partial charge in [0.1, 0.15) is 0 Å². The lowest BCUT2D eigenvalue weighted by molar-refractivity contribution is 0.402. The molecular formula is C25H28F2. The van der Waals surface area contributed by atoms with Gasteiger partial charge in [-0.05, 0) is 42.9 Å². The molecule has 0 aromatic heterocycles. The molecule has 1 aliphatic carbocycles. The molecule has 0 heterocycles. The Balaban J connectivity index is 1.74. The van der Waals surface area contributed by atoms with Crippen molar-refractivity contribution in [2.45, 2.75) is 51.9 Å². The Hall–Kier alpha value is -2.22. The van der Waals surface area contributed by atoms with Crippen molar-refractivity contribution in [3.05, 3.63) is 95.1 Å². The van der Waals surface area contributed by atoms with Gasteiger partial charge in [-0.1, -0.05) is 81.0 Å². The number of hydrogen-bond acceptors (Lipinski definition) is 0. The average Bonchev–Trinajstić information content (AvgIpc) is 2.70. The Labute approximate surface area is 161 Å². The first-order valence-corrected chi connectivity index (χ1v) is 9.97. The highest BCUT2D eigenvalue weighted by Crippen LogP contribution is 2.39. The minimum absolute atomic E-state index is 0.00151. The first kappa shape index (κ1) is 19.5. The molecule has 3 rings (SSSR count). The maximum absolute atomic E-state index is 14.1. The highest BCUT2D eigenvalue weighted by Gasteiger charge is 2.27. The van der Waals surface area contributed by atoms with Crippen LogP contribution in [-0.4, -0.2) is 0 Å². The van der Waals surface area contributed by atoms with Gasteiger partial charge in [-0.25, -0.2) is 8.78 Å². The van der Waals surface area contributed by atoms with Gasteiger partial charge in [-0.15, -0.1) is 0 Å². The number of allylic oxidation sites excluding steroid dienone is 4. The maximum Gasteiger partial charge on any atom is 0.162 e. The molecule has 0 aliphatic heterocycles. The molecule has 0 N–H and O–H groups in total. The normalized spacial score (nSPS) is 21.6. The summed E-state index contributed by atoms with van der Waals surface area (Å²) in [6.45, 7) is 4.36. The van der Waals surface area contributed by atoms with Crippen LogP contribution in [0.15, 0.2) is 66.8 Å². The molecule has 2 heteroatoms. The first-order chi connectivity index (χ1) is 13.1. The van der Waals surface area contributed by atoms with Gasteiger partial charge < -0.3 is 0 Å². The minimum atomic E-state index is -0.782. The quantitative estimate of drug-likeness (QED) is 0.456. The Morgan fingerprint density at radius 3 is 2.15 bits per heavy atom. The van der Waals surface area contributed by atoms with Gasteiger partial charge in [0.15, 0.2) is 11.6 Å². The standard InChI is InChI=1S/C25H28F2/c1-3-15-25(16-12-20-10-8-19(4-2)9-11-20)17-13-21(14-18-25)22-6-5-7-23(26)24(22)27/h5-11,13-14,17-18,21H,3-4,12,15-16H2,1-2H3. The van der Waals surface area contributed by atoms with Gasteiger partial charge in [0.2, 0.25) is 0 Å². The van der Waals surface area contributed by atoms with E-state index in [1.54, 1.807) is 12.1 Å². The van der Waals surface area contributed by atoms with Crippen LogP contribution in [0.1, 0.15) is 55.7 Å². The van der Waals surface area contributed by atoms with Crippen LogP contribution in [0, 0.1) is 17.0 Å². The fourth-order valence-electron chi connectivity index (χ4n) is 3.94. The van der Waals surface area contributed by atoms with E-state index in [0.29, 0.717) is 5.56 Å². The van der Waals surface area contributed by atoms with Crippen molar-refractivity contribution in [2.75, 3.05) is 0 Å². The summed E-state index contributed by atoms with van der Waals surface area (Å²) in [6, 6.07) is 13.3. The second-order valence-electron chi connectivity index (χ2n) is 7.54. The molecule has 0 unspecified atom stereocenters. The Kier molecular flexibility index (Phi) is 6.26. The summed E-state index contributed by atoms with van der Waals surface area (Å²) >= 11 is 0. The molecule has 1 aliphatic rings. The van der Waals surface area contributed by atoms with E-state index in [0.717, 1.165) is 32.1 Å². The van der Waals surface area contributed by atoms with Crippen LogP contribution in [0.4, 0.5) is 8.78 Å². The van der Waals surface area contributed by atoms with E-state index in [2.05, 4.69) is 50.3 Å². The van der Waals surface area contributed by atoms with Crippen LogP contribution in [-0.2, 0) is 12.8 Å².